The van der Waals surface area contributed by atoms with Crippen LogP contribution in [0.5, 0.6) is 0 Å². The van der Waals surface area contributed by atoms with Gasteiger partial charge in [0.2, 0.25) is 0 Å². The van der Waals surface area contributed by atoms with E-state index < -0.39 is 0 Å². The summed E-state index contributed by atoms with van der Waals surface area (Å²) in [6.45, 7) is 7.29. The predicted octanol–water partition coefficient (Wildman–Crippen LogP) is 2.27. The molecule has 0 bridgehead atoms. The molecule has 0 spiro atoms. The Morgan fingerprint density at radius 2 is 2.11 bits per heavy atom. The maximum Gasteiger partial charge on any atom is 0.110 e. The number of aryl methyl sites for hydroxylation is 3. The standard InChI is InChI=1S/C15H22N4/c1-4-19-8-7-17-15(19)10-14(18-16)13-6-5-11(2)12(3)9-13/h5-9,14,18H,4,10,16H2,1-3H3. The fourth-order valence-electron chi connectivity index (χ4n) is 2.25. The molecule has 2 aromatic rings. The predicted molar refractivity (Wildman–Crippen MR) is 77.6 cm³/mol. The van der Waals surface area contributed by atoms with Crippen molar-refractivity contribution in [2.45, 2.75) is 39.8 Å². The number of imidazole rings is 1. The third-order valence-electron chi connectivity index (χ3n) is 3.66. The van der Waals surface area contributed by atoms with Gasteiger partial charge in [-0.1, -0.05) is 18.2 Å². The van der Waals surface area contributed by atoms with Crippen molar-refractivity contribution in [1.82, 2.24) is 15.0 Å². The Kier molecular flexibility index (Phi) is 4.35. The lowest BCUT2D eigenvalue weighted by atomic mass is 9.99. The first kappa shape index (κ1) is 13.8. The van der Waals surface area contributed by atoms with Gasteiger partial charge >= 0.3 is 0 Å². The second-order valence-corrected chi connectivity index (χ2v) is 4.90. The summed E-state index contributed by atoms with van der Waals surface area (Å²) in [5.74, 6) is 6.77. The molecule has 0 saturated carbocycles. The Labute approximate surface area is 114 Å². The van der Waals surface area contributed by atoms with Crippen LogP contribution in [0, 0.1) is 13.8 Å². The lowest BCUT2D eigenvalue weighted by Gasteiger charge is -2.18. The van der Waals surface area contributed by atoms with Crippen LogP contribution in [-0.4, -0.2) is 9.55 Å². The zero-order valence-corrected chi connectivity index (χ0v) is 11.9. The van der Waals surface area contributed by atoms with Crippen LogP contribution < -0.4 is 11.3 Å². The van der Waals surface area contributed by atoms with Crippen molar-refractivity contribution in [2.75, 3.05) is 0 Å². The summed E-state index contributed by atoms with van der Waals surface area (Å²) in [6.07, 6.45) is 4.63. The molecule has 1 atom stereocenters. The highest BCUT2D eigenvalue weighted by atomic mass is 15.2. The van der Waals surface area contributed by atoms with E-state index in [2.05, 4.69) is 53.9 Å². The molecule has 0 aliphatic rings. The topological polar surface area (TPSA) is 55.9 Å². The Balaban J connectivity index is 2.22. The zero-order valence-electron chi connectivity index (χ0n) is 11.9. The molecule has 0 radical (unpaired) electrons. The zero-order chi connectivity index (χ0) is 13.8. The summed E-state index contributed by atoms with van der Waals surface area (Å²) in [5, 5.41) is 0. The Morgan fingerprint density at radius 1 is 1.32 bits per heavy atom. The van der Waals surface area contributed by atoms with Crippen LogP contribution in [0.4, 0.5) is 0 Å². The van der Waals surface area contributed by atoms with Crippen molar-refractivity contribution in [3.05, 3.63) is 53.1 Å². The number of benzene rings is 1. The summed E-state index contributed by atoms with van der Waals surface area (Å²) in [4.78, 5) is 4.41. The maximum atomic E-state index is 5.71. The number of rotatable bonds is 5. The number of hydrazine groups is 1. The van der Waals surface area contributed by atoms with Gasteiger partial charge in [-0.15, -0.1) is 0 Å². The van der Waals surface area contributed by atoms with E-state index in [0.717, 1.165) is 18.8 Å². The minimum atomic E-state index is 0.0898. The Hall–Kier alpha value is -1.65. The molecule has 1 unspecified atom stereocenters. The molecule has 19 heavy (non-hydrogen) atoms. The van der Waals surface area contributed by atoms with Gasteiger partial charge in [0.15, 0.2) is 0 Å². The van der Waals surface area contributed by atoms with Gasteiger partial charge in [-0.3, -0.25) is 11.3 Å². The molecule has 0 fully saturated rings. The quantitative estimate of drug-likeness (QED) is 0.639. The summed E-state index contributed by atoms with van der Waals surface area (Å²) < 4.78 is 2.14. The van der Waals surface area contributed by atoms with Crippen LogP contribution in [0.1, 0.15) is 35.5 Å². The monoisotopic (exact) mass is 258 g/mol. The first-order chi connectivity index (χ1) is 9.15. The van der Waals surface area contributed by atoms with Gasteiger partial charge in [-0.2, -0.15) is 0 Å². The first-order valence-electron chi connectivity index (χ1n) is 6.69. The van der Waals surface area contributed by atoms with Crippen LogP contribution >= 0.6 is 0 Å². The number of nitrogens with one attached hydrogen (secondary N) is 1. The van der Waals surface area contributed by atoms with Gasteiger partial charge in [-0.05, 0) is 37.5 Å². The van der Waals surface area contributed by atoms with Crippen LogP contribution in [0.25, 0.3) is 0 Å². The third-order valence-corrected chi connectivity index (χ3v) is 3.66. The molecular weight excluding hydrogens is 236 g/mol. The summed E-state index contributed by atoms with van der Waals surface area (Å²) in [7, 11) is 0. The van der Waals surface area contributed by atoms with Gasteiger partial charge in [-0.25, -0.2) is 4.98 Å². The Bertz CT molecular complexity index is 545. The fraction of sp³-hybridized carbons (Fsp3) is 0.400. The van der Waals surface area contributed by atoms with Crippen molar-refractivity contribution < 1.29 is 0 Å². The average Bonchev–Trinajstić information content (AvgIpc) is 2.86. The van der Waals surface area contributed by atoms with E-state index in [9.17, 15) is 0 Å². The highest BCUT2D eigenvalue weighted by Gasteiger charge is 2.14. The Morgan fingerprint density at radius 3 is 2.74 bits per heavy atom. The van der Waals surface area contributed by atoms with Crippen LogP contribution in [-0.2, 0) is 13.0 Å². The maximum absolute atomic E-state index is 5.71. The molecule has 4 nitrogen and oxygen atoms in total. The number of nitrogens with two attached hydrogens (primary N) is 1. The lowest BCUT2D eigenvalue weighted by molar-refractivity contribution is 0.523. The average molecular weight is 258 g/mol. The van der Waals surface area contributed by atoms with E-state index >= 15 is 0 Å². The molecule has 0 aliphatic carbocycles. The van der Waals surface area contributed by atoms with E-state index in [-0.39, 0.29) is 6.04 Å². The minimum Gasteiger partial charge on any atom is -0.335 e. The molecule has 102 valence electrons. The highest BCUT2D eigenvalue weighted by Crippen LogP contribution is 2.20. The van der Waals surface area contributed by atoms with E-state index in [1.807, 2.05) is 12.4 Å². The van der Waals surface area contributed by atoms with Gasteiger partial charge in [0.25, 0.3) is 0 Å². The van der Waals surface area contributed by atoms with Gasteiger partial charge < -0.3 is 4.57 Å². The van der Waals surface area contributed by atoms with Gasteiger partial charge in [0.1, 0.15) is 5.82 Å². The third kappa shape index (κ3) is 3.03. The molecule has 1 heterocycles. The van der Waals surface area contributed by atoms with E-state index in [4.69, 9.17) is 5.84 Å². The van der Waals surface area contributed by atoms with E-state index in [1.165, 1.54) is 16.7 Å². The largest absolute Gasteiger partial charge is 0.335 e. The smallest absolute Gasteiger partial charge is 0.110 e. The second-order valence-electron chi connectivity index (χ2n) is 4.90. The molecule has 0 saturated heterocycles. The normalized spacial score (nSPS) is 12.6. The van der Waals surface area contributed by atoms with Crippen molar-refractivity contribution in [2.24, 2.45) is 5.84 Å². The first-order valence-corrected chi connectivity index (χ1v) is 6.69. The van der Waals surface area contributed by atoms with E-state index in [0.29, 0.717) is 0 Å². The molecule has 1 aromatic heterocycles. The van der Waals surface area contributed by atoms with Crippen LogP contribution in [0.2, 0.25) is 0 Å². The summed E-state index contributed by atoms with van der Waals surface area (Å²) >= 11 is 0. The lowest BCUT2D eigenvalue weighted by Crippen LogP contribution is -2.30. The molecule has 4 heteroatoms. The van der Waals surface area contributed by atoms with Crippen LogP contribution in [0.3, 0.4) is 0 Å². The van der Waals surface area contributed by atoms with E-state index in [1.54, 1.807) is 0 Å². The van der Waals surface area contributed by atoms with Gasteiger partial charge in [0.05, 0.1) is 6.04 Å². The summed E-state index contributed by atoms with van der Waals surface area (Å²) in [5.41, 5.74) is 6.70. The molecule has 1 aromatic carbocycles. The number of hydrogen-bond acceptors (Lipinski definition) is 3. The second kappa shape index (κ2) is 5.99. The van der Waals surface area contributed by atoms with Crippen molar-refractivity contribution in [3.8, 4) is 0 Å². The fourth-order valence-corrected chi connectivity index (χ4v) is 2.25. The van der Waals surface area contributed by atoms with Gasteiger partial charge in [0, 0.05) is 25.4 Å². The molecule has 2 rings (SSSR count). The SMILES string of the molecule is CCn1ccnc1CC(NN)c1ccc(C)c(C)c1. The van der Waals surface area contributed by atoms with Crippen molar-refractivity contribution in [1.29, 1.82) is 0 Å². The molecule has 0 amide bonds. The molecule has 3 N–H and O–H groups in total. The minimum absolute atomic E-state index is 0.0898. The van der Waals surface area contributed by atoms with Crippen LogP contribution in [0.15, 0.2) is 30.6 Å². The number of aromatic nitrogens is 2. The summed E-state index contributed by atoms with van der Waals surface area (Å²) in [6, 6.07) is 6.55. The van der Waals surface area contributed by atoms with Crippen molar-refractivity contribution in [3.63, 3.8) is 0 Å². The van der Waals surface area contributed by atoms with Crippen molar-refractivity contribution >= 4 is 0 Å². The molecule has 0 aliphatic heterocycles. The molecular formula is C15H22N4. The highest BCUT2D eigenvalue weighted by molar-refractivity contribution is 5.32. The number of nitrogens with zero attached hydrogens (tertiary/aromatic N) is 2. The number of hydrogen-bond donors (Lipinski definition) is 2.